The van der Waals surface area contributed by atoms with Gasteiger partial charge >= 0.3 is 0 Å². The Labute approximate surface area is 210 Å². The highest BCUT2D eigenvalue weighted by molar-refractivity contribution is 8.26. The van der Waals surface area contributed by atoms with E-state index in [1.165, 1.54) is 18.2 Å². The van der Waals surface area contributed by atoms with E-state index in [4.69, 9.17) is 17.0 Å². The van der Waals surface area contributed by atoms with Gasteiger partial charge in [0, 0.05) is 31.2 Å². The Morgan fingerprint density at radius 2 is 1.91 bits per heavy atom. The van der Waals surface area contributed by atoms with Crippen molar-refractivity contribution in [2.24, 2.45) is 0 Å². The Morgan fingerprint density at radius 1 is 1.21 bits per heavy atom. The van der Waals surface area contributed by atoms with E-state index in [2.05, 4.69) is 17.9 Å². The number of morpholine rings is 1. The molecule has 0 aromatic carbocycles. The number of carbonyl (C=O) groups excluding carboxylic acids is 1. The number of amides is 1. The molecule has 182 valence electrons. The molecule has 1 aliphatic carbocycles. The van der Waals surface area contributed by atoms with Crippen LogP contribution in [0.2, 0.25) is 0 Å². The van der Waals surface area contributed by atoms with Crippen LogP contribution >= 0.6 is 24.0 Å². The number of nitrogens with zero attached hydrogens (tertiary/aromatic N) is 4. The third-order valence-electron chi connectivity index (χ3n) is 6.93. The van der Waals surface area contributed by atoms with E-state index >= 15 is 0 Å². The smallest absolute Gasteiger partial charge is 0.270 e. The van der Waals surface area contributed by atoms with Gasteiger partial charge in [0.15, 0.2) is 0 Å². The minimum Gasteiger partial charge on any atom is -0.378 e. The number of ether oxygens (including phenoxy) is 1. The normalized spacial score (nSPS) is 20.9. The lowest BCUT2D eigenvalue weighted by Gasteiger charge is -2.33. The van der Waals surface area contributed by atoms with E-state index in [0.717, 1.165) is 49.9 Å². The van der Waals surface area contributed by atoms with Gasteiger partial charge in [0.25, 0.3) is 11.5 Å². The van der Waals surface area contributed by atoms with Crippen molar-refractivity contribution in [3.05, 3.63) is 31.9 Å². The number of nitriles is 1. The monoisotopic (exact) mass is 500 g/mol. The Morgan fingerprint density at radius 3 is 2.56 bits per heavy atom. The molecule has 7 nitrogen and oxygen atoms in total. The molecule has 4 rings (SSSR count). The molecule has 1 aromatic heterocycles. The Balaban J connectivity index is 1.83. The summed E-state index contributed by atoms with van der Waals surface area (Å²) in [6.45, 7) is 6.87. The van der Waals surface area contributed by atoms with Crippen molar-refractivity contribution in [1.82, 2.24) is 9.47 Å². The van der Waals surface area contributed by atoms with Crippen molar-refractivity contribution in [3.8, 4) is 6.07 Å². The third-order valence-corrected chi connectivity index (χ3v) is 8.26. The molecule has 0 N–H and O–H groups in total. The molecule has 1 amide bonds. The average molecular weight is 501 g/mol. The molecule has 0 atom stereocenters. The lowest BCUT2D eigenvalue weighted by atomic mass is 9.94. The molecule has 3 heterocycles. The van der Waals surface area contributed by atoms with Gasteiger partial charge in [-0.15, -0.1) is 0 Å². The van der Waals surface area contributed by atoms with Gasteiger partial charge in [0.2, 0.25) is 0 Å². The van der Waals surface area contributed by atoms with Crippen LogP contribution in [0.25, 0.3) is 6.08 Å². The minimum atomic E-state index is -0.262. The molecule has 3 fully saturated rings. The molecular formula is C25H32N4O3S2. The fourth-order valence-corrected chi connectivity index (χ4v) is 6.43. The molecule has 1 saturated carbocycles. The van der Waals surface area contributed by atoms with Crippen molar-refractivity contribution in [3.63, 3.8) is 0 Å². The molecule has 2 aliphatic heterocycles. The molecule has 0 unspecified atom stereocenters. The number of pyridine rings is 1. The summed E-state index contributed by atoms with van der Waals surface area (Å²) >= 11 is 6.96. The standard InChI is InChI=1S/C25H32N4O3S2/c1-3-4-10-28-22(27-11-13-32-14-12-27)19(17(2)20(16-26)23(28)30)15-21-24(31)29(25(33)34-21)18-8-6-5-7-9-18/h15,18H,3-14H2,1-2H3/b21-15+. The molecular weight excluding hydrogens is 468 g/mol. The zero-order valence-electron chi connectivity index (χ0n) is 20.0. The highest BCUT2D eigenvalue weighted by Crippen LogP contribution is 2.39. The van der Waals surface area contributed by atoms with Crippen LogP contribution in [-0.4, -0.2) is 52.0 Å². The van der Waals surface area contributed by atoms with Crippen LogP contribution in [0.4, 0.5) is 5.82 Å². The number of thioether (sulfide) groups is 1. The first kappa shape index (κ1) is 25.0. The predicted molar refractivity (Wildman–Crippen MR) is 140 cm³/mol. The number of thiocarbonyl (C=S) groups is 1. The summed E-state index contributed by atoms with van der Waals surface area (Å²) in [5.74, 6) is 0.722. The van der Waals surface area contributed by atoms with Gasteiger partial charge in [-0.05, 0) is 37.8 Å². The third kappa shape index (κ3) is 4.81. The second kappa shape index (κ2) is 11.1. The average Bonchev–Trinajstić information content (AvgIpc) is 3.13. The summed E-state index contributed by atoms with van der Waals surface area (Å²) in [4.78, 5) is 31.3. The van der Waals surface area contributed by atoms with E-state index < -0.39 is 0 Å². The van der Waals surface area contributed by atoms with Gasteiger partial charge in [0.05, 0.1) is 18.1 Å². The van der Waals surface area contributed by atoms with Crippen molar-refractivity contribution >= 4 is 46.1 Å². The van der Waals surface area contributed by atoms with Gasteiger partial charge < -0.3 is 9.64 Å². The van der Waals surface area contributed by atoms with Gasteiger partial charge in [-0.25, -0.2) is 0 Å². The number of unbranched alkanes of at least 4 members (excludes halogenated alkanes) is 1. The van der Waals surface area contributed by atoms with E-state index in [0.29, 0.717) is 47.6 Å². The number of rotatable bonds is 6. The molecule has 34 heavy (non-hydrogen) atoms. The number of hydrogen-bond donors (Lipinski definition) is 0. The number of aromatic nitrogens is 1. The Bertz CT molecular complexity index is 1090. The molecule has 0 spiro atoms. The predicted octanol–water partition coefficient (Wildman–Crippen LogP) is 4.20. The summed E-state index contributed by atoms with van der Waals surface area (Å²) in [7, 11) is 0. The maximum Gasteiger partial charge on any atom is 0.270 e. The van der Waals surface area contributed by atoms with Crippen LogP contribution in [-0.2, 0) is 16.1 Å². The molecule has 0 radical (unpaired) electrons. The van der Waals surface area contributed by atoms with Crippen molar-refractivity contribution in [2.75, 3.05) is 31.2 Å². The molecule has 0 bridgehead atoms. The number of carbonyl (C=O) groups is 1. The largest absolute Gasteiger partial charge is 0.378 e. The Hall–Kier alpha value is -2.15. The summed E-state index contributed by atoms with van der Waals surface area (Å²) in [6.07, 6.45) is 9.04. The minimum absolute atomic E-state index is 0.0564. The number of hydrogen-bond acceptors (Lipinski definition) is 7. The first-order chi connectivity index (χ1) is 16.5. The van der Waals surface area contributed by atoms with Crippen LogP contribution in [0.5, 0.6) is 0 Å². The second-order valence-electron chi connectivity index (χ2n) is 9.10. The van der Waals surface area contributed by atoms with E-state index in [-0.39, 0.29) is 23.1 Å². The highest BCUT2D eigenvalue weighted by atomic mass is 32.2. The Kier molecular flexibility index (Phi) is 8.12. The zero-order valence-corrected chi connectivity index (χ0v) is 21.6. The summed E-state index contributed by atoms with van der Waals surface area (Å²) in [5, 5.41) is 9.82. The van der Waals surface area contributed by atoms with Crippen molar-refractivity contribution in [1.29, 1.82) is 5.26 Å². The molecule has 9 heteroatoms. The summed E-state index contributed by atoms with van der Waals surface area (Å²) in [6, 6.07) is 2.29. The maximum absolute atomic E-state index is 13.5. The molecule has 3 aliphatic rings. The fraction of sp³-hybridized carbons (Fsp3) is 0.600. The second-order valence-corrected chi connectivity index (χ2v) is 10.8. The molecule has 1 aromatic rings. The van der Waals surface area contributed by atoms with Crippen LogP contribution in [0.15, 0.2) is 9.70 Å². The van der Waals surface area contributed by atoms with E-state index in [1.807, 2.05) is 13.0 Å². The van der Waals surface area contributed by atoms with Crippen molar-refractivity contribution in [2.45, 2.75) is 71.4 Å². The number of anilines is 1. The SMILES string of the molecule is CCCCn1c(N2CCOCC2)c(/C=C2/SC(=S)N(C3CCCCC3)C2=O)c(C)c(C#N)c1=O. The first-order valence-electron chi connectivity index (χ1n) is 12.2. The fourth-order valence-electron chi connectivity index (χ4n) is 5.05. The van der Waals surface area contributed by atoms with Gasteiger partial charge in [0.1, 0.15) is 21.8 Å². The van der Waals surface area contributed by atoms with Crippen LogP contribution in [0, 0.1) is 18.3 Å². The van der Waals surface area contributed by atoms with E-state index in [9.17, 15) is 14.9 Å². The first-order valence-corrected chi connectivity index (χ1v) is 13.5. The van der Waals surface area contributed by atoms with Gasteiger partial charge in [-0.2, -0.15) is 5.26 Å². The zero-order chi connectivity index (χ0) is 24.2. The van der Waals surface area contributed by atoms with Crippen LogP contribution in [0.3, 0.4) is 0 Å². The highest BCUT2D eigenvalue weighted by Gasteiger charge is 2.38. The maximum atomic E-state index is 13.5. The summed E-state index contributed by atoms with van der Waals surface area (Å²) < 4.78 is 7.89. The lowest BCUT2D eigenvalue weighted by Crippen LogP contribution is -2.41. The van der Waals surface area contributed by atoms with E-state index in [1.54, 1.807) is 9.47 Å². The topological polar surface area (TPSA) is 78.6 Å². The molecule has 2 saturated heterocycles. The van der Waals surface area contributed by atoms with Gasteiger partial charge in [-0.3, -0.25) is 19.1 Å². The lowest BCUT2D eigenvalue weighted by molar-refractivity contribution is -0.124. The quantitative estimate of drug-likeness (QED) is 0.428. The van der Waals surface area contributed by atoms with Crippen LogP contribution < -0.4 is 10.5 Å². The van der Waals surface area contributed by atoms with Gasteiger partial charge in [-0.1, -0.05) is 56.6 Å². The van der Waals surface area contributed by atoms with Crippen molar-refractivity contribution < 1.29 is 9.53 Å². The summed E-state index contributed by atoms with van der Waals surface area (Å²) in [5.41, 5.74) is 1.26. The van der Waals surface area contributed by atoms with Crippen LogP contribution in [0.1, 0.15) is 68.6 Å².